The van der Waals surface area contributed by atoms with Crippen molar-refractivity contribution in [3.8, 4) is 0 Å². The van der Waals surface area contributed by atoms with E-state index in [9.17, 15) is 9.59 Å². The largest absolute Gasteiger partial charge is 0.351 e. The smallest absolute Gasteiger partial charge is 0.253 e. The Morgan fingerprint density at radius 2 is 1.95 bits per heavy atom. The molecule has 0 spiro atoms. The minimum absolute atomic E-state index is 0. The molecule has 0 radical (unpaired) electrons. The molecule has 1 aromatic rings. The molecule has 0 aliphatic heterocycles. The Hall–Kier alpha value is -1.59. The number of carbonyl (C=O) groups is 2. The van der Waals surface area contributed by atoms with Crippen molar-refractivity contribution in [2.75, 3.05) is 18.4 Å². The summed E-state index contributed by atoms with van der Waals surface area (Å²) in [6.07, 6.45) is 0.889. The molecule has 6 heteroatoms. The van der Waals surface area contributed by atoms with Gasteiger partial charge in [0, 0.05) is 19.0 Å². The Labute approximate surface area is 131 Å². The number of nitrogens with one attached hydrogen (secondary N) is 2. The first kappa shape index (κ1) is 17.5. The summed E-state index contributed by atoms with van der Waals surface area (Å²) in [5.41, 5.74) is 6.45. The second-order valence-electron chi connectivity index (χ2n) is 5.82. The topological polar surface area (TPSA) is 84.2 Å². The summed E-state index contributed by atoms with van der Waals surface area (Å²) in [6.45, 7) is 4.93. The van der Waals surface area contributed by atoms with E-state index in [1.165, 1.54) is 0 Å². The van der Waals surface area contributed by atoms with E-state index in [-0.39, 0.29) is 35.6 Å². The predicted octanol–water partition coefficient (Wildman–Crippen LogP) is 1.78. The van der Waals surface area contributed by atoms with Crippen LogP contribution in [0.3, 0.4) is 0 Å². The molecule has 4 N–H and O–H groups in total. The van der Waals surface area contributed by atoms with Crippen molar-refractivity contribution in [1.29, 1.82) is 0 Å². The van der Waals surface area contributed by atoms with Gasteiger partial charge < -0.3 is 16.4 Å². The van der Waals surface area contributed by atoms with E-state index in [1.54, 1.807) is 24.3 Å². The standard InChI is InChI=1S/C15H21N3O2.ClH/c1-15(2)9-11(15)14(20)18-12-6-4-3-5-10(12)13(19)17-8-7-16;/h3-6,11H,7-9,16H2,1-2H3,(H,17,19)(H,18,20);1H. The monoisotopic (exact) mass is 311 g/mol. The Morgan fingerprint density at radius 1 is 1.33 bits per heavy atom. The average molecular weight is 312 g/mol. The molecule has 1 saturated carbocycles. The molecule has 0 aromatic heterocycles. The number of carbonyl (C=O) groups excluding carboxylic acids is 2. The molecule has 1 aliphatic carbocycles. The third-order valence-electron chi connectivity index (χ3n) is 3.69. The van der Waals surface area contributed by atoms with E-state index in [0.29, 0.717) is 24.3 Å². The lowest BCUT2D eigenvalue weighted by molar-refractivity contribution is -0.118. The Bertz CT molecular complexity index is 531. The minimum atomic E-state index is -0.221. The highest BCUT2D eigenvalue weighted by Gasteiger charge is 2.50. The fourth-order valence-electron chi connectivity index (χ4n) is 2.21. The van der Waals surface area contributed by atoms with Gasteiger partial charge in [-0.1, -0.05) is 26.0 Å². The molecule has 2 rings (SSSR count). The van der Waals surface area contributed by atoms with Gasteiger partial charge in [0.2, 0.25) is 5.91 Å². The molecule has 0 saturated heterocycles. The lowest BCUT2D eigenvalue weighted by Gasteiger charge is -2.11. The zero-order valence-electron chi connectivity index (χ0n) is 12.3. The van der Waals surface area contributed by atoms with Gasteiger partial charge in [0.05, 0.1) is 11.3 Å². The third-order valence-corrected chi connectivity index (χ3v) is 3.69. The van der Waals surface area contributed by atoms with Crippen LogP contribution in [-0.4, -0.2) is 24.9 Å². The fraction of sp³-hybridized carbons (Fsp3) is 0.467. The summed E-state index contributed by atoms with van der Waals surface area (Å²) in [5.74, 6) is -0.210. The van der Waals surface area contributed by atoms with Gasteiger partial charge in [-0.15, -0.1) is 12.4 Å². The molecule has 116 valence electrons. The van der Waals surface area contributed by atoms with Crippen LogP contribution in [0.25, 0.3) is 0 Å². The number of amides is 2. The molecule has 1 aromatic carbocycles. The summed E-state index contributed by atoms with van der Waals surface area (Å²) >= 11 is 0. The predicted molar refractivity (Wildman–Crippen MR) is 85.6 cm³/mol. The number of benzene rings is 1. The first-order valence-corrected chi connectivity index (χ1v) is 6.84. The summed E-state index contributed by atoms with van der Waals surface area (Å²) in [6, 6.07) is 7.01. The van der Waals surface area contributed by atoms with Crippen LogP contribution in [0.4, 0.5) is 5.69 Å². The first-order chi connectivity index (χ1) is 9.45. The zero-order chi connectivity index (χ0) is 14.8. The molecular weight excluding hydrogens is 290 g/mol. The first-order valence-electron chi connectivity index (χ1n) is 6.84. The van der Waals surface area contributed by atoms with Gasteiger partial charge in [0.25, 0.3) is 5.91 Å². The second kappa shape index (κ2) is 6.91. The minimum Gasteiger partial charge on any atom is -0.351 e. The van der Waals surface area contributed by atoms with Crippen molar-refractivity contribution in [1.82, 2.24) is 5.32 Å². The summed E-state index contributed by atoms with van der Waals surface area (Å²) < 4.78 is 0. The number of hydrogen-bond acceptors (Lipinski definition) is 3. The summed E-state index contributed by atoms with van der Waals surface area (Å²) in [7, 11) is 0. The number of rotatable bonds is 5. The molecule has 1 unspecified atom stereocenters. The maximum Gasteiger partial charge on any atom is 0.253 e. The normalized spacial score (nSPS) is 18.3. The van der Waals surface area contributed by atoms with E-state index in [0.717, 1.165) is 6.42 Å². The van der Waals surface area contributed by atoms with Crippen LogP contribution in [0.5, 0.6) is 0 Å². The van der Waals surface area contributed by atoms with Gasteiger partial charge in [-0.25, -0.2) is 0 Å². The molecule has 0 bridgehead atoms. The molecule has 1 aliphatic rings. The molecule has 2 amide bonds. The van der Waals surface area contributed by atoms with E-state index >= 15 is 0 Å². The van der Waals surface area contributed by atoms with Crippen LogP contribution in [-0.2, 0) is 4.79 Å². The Balaban J connectivity index is 0.00000220. The maximum atomic E-state index is 12.1. The van der Waals surface area contributed by atoms with Gasteiger partial charge >= 0.3 is 0 Å². The third kappa shape index (κ3) is 4.19. The van der Waals surface area contributed by atoms with Crippen molar-refractivity contribution in [3.63, 3.8) is 0 Å². The highest BCUT2D eigenvalue weighted by Crippen LogP contribution is 2.52. The molecule has 5 nitrogen and oxygen atoms in total. The van der Waals surface area contributed by atoms with Crippen molar-refractivity contribution < 1.29 is 9.59 Å². The van der Waals surface area contributed by atoms with E-state index in [2.05, 4.69) is 24.5 Å². The van der Waals surface area contributed by atoms with Gasteiger partial charge in [0.1, 0.15) is 0 Å². The lowest BCUT2D eigenvalue weighted by Crippen LogP contribution is -2.30. The second-order valence-corrected chi connectivity index (χ2v) is 5.82. The van der Waals surface area contributed by atoms with Crippen molar-refractivity contribution in [3.05, 3.63) is 29.8 Å². The van der Waals surface area contributed by atoms with Crippen molar-refractivity contribution in [2.45, 2.75) is 20.3 Å². The van der Waals surface area contributed by atoms with Crippen LogP contribution in [0.1, 0.15) is 30.6 Å². The van der Waals surface area contributed by atoms with Crippen molar-refractivity contribution >= 4 is 29.9 Å². The number of hydrogen-bond donors (Lipinski definition) is 3. The molecule has 1 fully saturated rings. The van der Waals surface area contributed by atoms with E-state index < -0.39 is 0 Å². The van der Waals surface area contributed by atoms with Gasteiger partial charge in [-0.3, -0.25) is 9.59 Å². The van der Waals surface area contributed by atoms with Crippen LogP contribution in [0.15, 0.2) is 24.3 Å². The quantitative estimate of drug-likeness (QED) is 0.775. The van der Waals surface area contributed by atoms with Crippen LogP contribution >= 0.6 is 12.4 Å². The number of nitrogens with two attached hydrogens (primary N) is 1. The van der Waals surface area contributed by atoms with Crippen LogP contribution in [0, 0.1) is 11.3 Å². The highest BCUT2D eigenvalue weighted by molar-refractivity contribution is 6.04. The van der Waals surface area contributed by atoms with Gasteiger partial charge in [0.15, 0.2) is 0 Å². The molecular formula is C15H22ClN3O2. The van der Waals surface area contributed by atoms with E-state index in [4.69, 9.17) is 5.73 Å². The van der Waals surface area contributed by atoms with Crippen LogP contribution < -0.4 is 16.4 Å². The molecule has 0 heterocycles. The van der Waals surface area contributed by atoms with E-state index in [1.807, 2.05) is 0 Å². The molecule has 1 atom stereocenters. The molecule has 21 heavy (non-hydrogen) atoms. The fourth-order valence-corrected chi connectivity index (χ4v) is 2.21. The SMILES string of the molecule is CC1(C)CC1C(=O)Nc1ccccc1C(=O)NCCN.Cl. The average Bonchev–Trinajstić information content (AvgIpc) is 3.06. The van der Waals surface area contributed by atoms with Crippen LogP contribution in [0.2, 0.25) is 0 Å². The van der Waals surface area contributed by atoms with Gasteiger partial charge in [-0.05, 0) is 24.0 Å². The zero-order valence-corrected chi connectivity index (χ0v) is 13.1. The summed E-state index contributed by atoms with van der Waals surface area (Å²) in [5, 5.41) is 5.56. The summed E-state index contributed by atoms with van der Waals surface area (Å²) in [4.78, 5) is 24.1. The number of anilines is 1. The number of para-hydroxylation sites is 1. The highest BCUT2D eigenvalue weighted by atomic mass is 35.5. The van der Waals surface area contributed by atoms with Crippen molar-refractivity contribution in [2.24, 2.45) is 17.1 Å². The Morgan fingerprint density at radius 3 is 2.52 bits per heavy atom. The Kier molecular flexibility index (Phi) is 5.75. The lowest BCUT2D eigenvalue weighted by atomic mass is 10.1. The van der Waals surface area contributed by atoms with Gasteiger partial charge in [-0.2, -0.15) is 0 Å². The maximum absolute atomic E-state index is 12.1. The number of halogens is 1.